The first-order valence-corrected chi connectivity index (χ1v) is 9.19. The summed E-state index contributed by atoms with van der Waals surface area (Å²) in [6.45, 7) is 6.26. The van der Waals surface area contributed by atoms with Crippen molar-refractivity contribution < 1.29 is 14.3 Å². The number of hydrogen-bond acceptors (Lipinski definition) is 4. The molecule has 0 bridgehead atoms. The van der Waals surface area contributed by atoms with Gasteiger partial charge in [-0.05, 0) is 72.1 Å². The highest BCUT2D eigenvalue weighted by Gasteiger charge is 2.14. The number of halogens is 1. The molecule has 0 aliphatic heterocycles. The summed E-state index contributed by atoms with van der Waals surface area (Å²) >= 11 is 3.44. The minimum atomic E-state index is -0.464. The van der Waals surface area contributed by atoms with Crippen molar-refractivity contribution in [1.29, 1.82) is 5.26 Å². The third kappa shape index (κ3) is 5.11. The second-order valence-electron chi connectivity index (χ2n) is 5.91. The number of benzene rings is 2. The van der Waals surface area contributed by atoms with E-state index in [1.807, 2.05) is 45.0 Å². The number of ether oxygens (including phenoxy) is 2. The molecular weight excluding hydrogens is 408 g/mol. The van der Waals surface area contributed by atoms with Crippen molar-refractivity contribution in [1.82, 2.24) is 0 Å². The maximum Gasteiger partial charge on any atom is 0.266 e. The van der Waals surface area contributed by atoms with Crippen molar-refractivity contribution in [3.05, 3.63) is 57.1 Å². The van der Waals surface area contributed by atoms with E-state index in [0.717, 1.165) is 11.1 Å². The number of methoxy groups -OCH3 is 1. The van der Waals surface area contributed by atoms with Gasteiger partial charge in [-0.15, -0.1) is 0 Å². The molecule has 0 spiro atoms. The molecule has 1 N–H and O–H groups in total. The van der Waals surface area contributed by atoms with Crippen LogP contribution in [-0.2, 0) is 4.79 Å². The van der Waals surface area contributed by atoms with Crippen LogP contribution in [0.1, 0.15) is 23.6 Å². The number of nitrogens with zero attached hydrogens (tertiary/aromatic N) is 1. The molecule has 0 saturated heterocycles. The Labute approximate surface area is 167 Å². The molecule has 2 aromatic carbocycles. The minimum absolute atomic E-state index is 0.00640. The molecule has 27 heavy (non-hydrogen) atoms. The molecular formula is C21H21BrN2O3. The molecule has 0 fully saturated rings. The zero-order valence-corrected chi connectivity index (χ0v) is 17.3. The van der Waals surface area contributed by atoms with Gasteiger partial charge in [0, 0.05) is 5.69 Å². The predicted molar refractivity (Wildman–Crippen MR) is 110 cm³/mol. The molecule has 140 valence electrons. The van der Waals surface area contributed by atoms with E-state index in [1.54, 1.807) is 12.1 Å². The summed E-state index contributed by atoms with van der Waals surface area (Å²) < 4.78 is 11.6. The zero-order valence-electron chi connectivity index (χ0n) is 15.7. The molecule has 0 unspecified atom stereocenters. The van der Waals surface area contributed by atoms with Crippen molar-refractivity contribution in [2.45, 2.75) is 20.8 Å². The normalized spacial score (nSPS) is 10.9. The van der Waals surface area contributed by atoms with E-state index in [2.05, 4.69) is 21.2 Å². The molecule has 0 aromatic heterocycles. The van der Waals surface area contributed by atoms with Crippen LogP contribution in [0.3, 0.4) is 0 Å². The van der Waals surface area contributed by atoms with Gasteiger partial charge in [0.1, 0.15) is 11.6 Å². The molecule has 0 aliphatic carbocycles. The number of carbonyl (C=O) groups excluding carboxylic acids is 1. The largest absolute Gasteiger partial charge is 0.493 e. The highest BCUT2D eigenvalue weighted by molar-refractivity contribution is 9.10. The Hall–Kier alpha value is -2.78. The molecule has 0 aliphatic rings. The van der Waals surface area contributed by atoms with Crippen molar-refractivity contribution in [2.24, 2.45) is 0 Å². The summed E-state index contributed by atoms with van der Waals surface area (Å²) in [7, 11) is 1.54. The second-order valence-corrected chi connectivity index (χ2v) is 6.76. The summed E-state index contributed by atoms with van der Waals surface area (Å²) in [6, 6.07) is 11.2. The molecule has 0 radical (unpaired) electrons. The lowest BCUT2D eigenvalue weighted by atomic mass is 10.1. The summed E-state index contributed by atoms with van der Waals surface area (Å²) in [5.74, 6) is 0.633. The van der Waals surface area contributed by atoms with Gasteiger partial charge < -0.3 is 14.8 Å². The fourth-order valence-corrected chi connectivity index (χ4v) is 3.14. The van der Waals surface area contributed by atoms with E-state index in [4.69, 9.17) is 9.47 Å². The van der Waals surface area contributed by atoms with Crippen LogP contribution >= 0.6 is 15.9 Å². The lowest BCUT2D eigenvalue weighted by Crippen LogP contribution is -2.14. The third-order valence-corrected chi connectivity index (χ3v) is 4.44. The molecule has 5 nitrogen and oxygen atoms in total. The number of aryl methyl sites for hydroxylation is 2. The smallest absolute Gasteiger partial charge is 0.266 e. The van der Waals surface area contributed by atoms with Crippen LogP contribution in [0, 0.1) is 25.2 Å². The van der Waals surface area contributed by atoms with Crippen LogP contribution in [0.4, 0.5) is 5.69 Å². The fourth-order valence-electron chi connectivity index (χ4n) is 2.57. The monoisotopic (exact) mass is 428 g/mol. The van der Waals surface area contributed by atoms with Crippen LogP contribution in [0.25, 0.3) is 6.08 Å². The zero-order chi connectivity index (χ0) is 20.0. The summed E-state index contributed by atoms with van der Waals surface area (Å²) in [6.07, 6.45) is 1.52. The van der Waals surface area contributed by atoms with E-state index in [9.17, 15) is 10.1 Å². The fraction of sp³-hybridized carbons (Fsp3) is 0.238. The standard InChI is InChI=1S/C21H21BrN2O3/c1-5-27-20-17(22)10-15(11-19(20)26-4)9-16(12-23)21(25)24-18-7-6-13(2)8-14(18)3/h6-11H,5H2,1-4H3,(H,24,25)/b16-9-. The van der Waals surface area contributed by atoms with Crippen molar-refractivity contribution in [3.8, 4) is 17.6 Å². The van der Waals surface area contributed by atoms with Gasteiger partial charge in [0.2, 0.25) is 0 Å². The van der Waals surface area contributed by atoms with Gasteiger partial charge in [0.25, 0.3) is 5.91 Å². The Morgan fingerprint density at radius 2 is 2.04 bits per heavy atom. The number of amides is 1. The van der Waals surface area contributed by atoms with Crippen molar-refractivity contribution in [3.63, 3.8) is 0 Å². The van der Waals surface area contributed by atoms with Crippen LogP contribution in [0.15, 0.2) is 40.4 Å². The Bertz CT molecular complexity index is 930. The first-order chi connectivity index (χ1) is 12.9. The Balaban J connectivity index is 2.33. The Morgan fingerprint density at radius 3 is 2.63 bits per heavy atom. The number of rotatable bonds is 6. The van der Waals surface area contributed by atoms with Crippen molar-refractivity contribution in [2.75, 3.05) is 19.0 Å². The van der Waals surface area contributed by atoms with E-state index < -0.39 is 5.91 Å². The van der Waals surface area contributed by atoms with Crippen LogP contribution in [0.5, 0.6) is 11.5 Å². The molecule has 1 amide bonds. The molecule has 0 atom stereocenters. The van der Waals surface area contributed by atoms with E-state index >= 15 is 0 Å². The number of hydrogen-bond donors (Lipinski definition) is 1. The quantitative estimate of drug-likeness (QED) is 0.517. The molecule has 0 heterocycles. The topological polar surface area (TPSA) is 71.3 Å². The van der Waals surface area contributed by atoms with Crippen molar-refractivity contribution >= 4 is 33.6 Å². The summed E-state index contributed by atoms with van der Waals surface area (Å²) in [5.41, 5.74) is 3.36. The lowest BCUT2D eigenvalue weighted by Gasteiger charge is -2.12. The average molecular weight is 429 g/mol. The molecule has 2 aromatic rings. The number of nitriles is 1. The van der Waals surface area contributed by atoms with E-state index in [-0.39, 0.29) is 5.57 Å². The average Bonchev–Trinajstić information content (AvgIpc) is 2.63. The van der Waals surface area contributed by atoms with Crippen LogP contribution < -0.4 is 14.8 Å². The number of nitrogens with one attached hydrogen (secondary N) is 1. The second kappa shape index (κ2) is 9.24. The molecule has 2 rings (SSSR count). The van der Waals surface area contributed by atoms with Gasteiger partial charge in [0.05, 0.1) is 18.2 Å². The van der Waals surface area contributed by atoms with Gasteiger partial charge in [-0.3, -0.25) is 4.79 Å². The predicted octanol–water partition coefficient (Wildman–Crippen LogP) is 5.02. The summed E-state index contributed by atoms with van der Waals surface area (Å²) in [4.78, 5) is 12.5. The van der Waals surface area contributed by atoms with Gasteiger partial charge in [-0.1, -0.05) is 17.7 Å². The first kappa shape index (κ1) is 20.5. The highest BCUT2D eigenvalue weighted by atomic mass is 79.9. The van der Waals surface area contributed by atoms with Gasteiger partial charge in [-0.2, -0.15) is 5.26 Å². The number of anilines is 1. The SMILES string of the molecule is CCOc1c(Br)cc(/C=C(/C#N)C(=O)Nc2ccc(C)cc2C)cc1OC. The Morgan fingerprint density at radius 1 is 1.30 bits per heavy atom. The first-order valence-electron chi connectivity index (χ1n) is 8.40. The number of carbonyl (C=O) groups is 1. The molecule has 0 saturated carbocycles. The minimum Gasteiger partial charge on any atom is -0.493 e. The van der Waals surface area contributed by atoms with E-state index in [0.29, 0.717) is 33.8 Å². The van der Waals surface area contributed by atoms with Crippen LogP contribution in [-0.4, -0.2) is 19.6 Å². The van der Waals surface area contributed by atoms with E-state index in [1.165, 1.54) is 13.2 Å². The summed E-state index contributed by atoms with van der Waals surface area (Å²) in [5, 5.41) is 12.2. The maximum atomic E-state index is 12.5. The third-order valence-electron chi connectivity index (χ3n) is 3.85. The molecule has 6 heteroatoms. The van der Waals surface area contributed by atoms with Gasteiger partial charge >= 0.3 is 0 Å². The maximum absolute atomic E-state index is 12.5. The van der Waals surface area contributed by atoms with Gasteiger partial charge in [0.15, 0.2) is 11.5 Å². The van der Waals surface area contributed by atoms with Crippen LogP contribution in [0.2, 0.25) is 0 Å². The lowest BCUT2D eigenvalue weighted by molar-refractivity contribution is -0.112. The van der Waals surface area contributed by atoms with Gasteiger partial charge in [-0.25, -0.2) is 0 Å². The Kier molecular flexibility index (Phi) is 7.03. The highest BCUT2D eigenvalue weighted by Crippen LogP contribution is 2.37.